The zero-order valence-corrected chi connectivity index (χ0v) is 14.5. The lowest BCUT2D eigenvalue weighted by atomic mass is 9.94. The van der Waals surface area contributed by atoms with Gasteiger partial charge < -0.3 is 10.2 Å². The average molecular weight is 339 g/mol. The molecule has 124 valence electrons. The van der Waals surface area contributed by atoms with Gasteiger partial charge in [-0.1, -0.05) is 12.8 Å². The molecule has 0 bridgehead atoms. The molecule has 0 aromatic carbocycles. The monoisotopic (exact) mass is 338 g/mol. The van der Waals surface area contributed by atoms with E-state index in [4.69, 9.17) is 0 Å². The van der Waals surface area contributed by atoms with Gasteiger partial charge in [0.1, 0.15) is 0 Å². The second-order valence-electron chi connectivity index (χ2n) is 6.30. The predicted octanol–water partition coefficient (Wildman–Crippen LogP) is 1.22. The van der Waals surface area contributed by atoms with Gasteiger partial charge in [-0.15, -0.1) is 12.4 Å². The van der Waals surface area contributed by atoms with Crippen molar-refractivity contribution >= 4 is 28.2 Å². The van der Waals surface area contributed by atoms with Crippen LogP contribution in [0.4, 0.5) is 0 Å². The van der Waals surface area contributed by atoms with E-state index >= 15 is 0 Å². The number of hydrogen-bond donors (Lipinski definition) is 1. The van der Waals surface area contributed by atoms with Crippen molar-refractivity contribution in [2.75, 3.05) is 26.4 Å². The van der Waals surface area contributed by atoms with E-state index in [1.54, 1.807) is 11.9 Å². The first kappa shape index (κ1) is 18.7. The van der Waals surface area contributed by atoms with Crippen molar-refractivity contribution < 1.29 is 13.2 Å². The van der Waals surface area contributed by atoms with Crippen molar-refractivity contribution in [2.45, 2.75) is 49.8 Å². The quantitative estimate of drug-likeness (QED) is 0.791. The van der Waals surface area contributed by atoms with Crippen molar-refractivity contribution in [1.29, 1.82) is 0 Å². The Morgan fingerprint density at radius 1 is 1.19 bits per heavy atom. The second-order valence-corrected chi connectivity index (χ2v) is 8.56. The SMILES string of the molecule is CN(C(=O)CNCC1CC1)C1CCCCC1S(C)(=O)=O.Cl. The van der Waals surface area contributed by atoms with Crippen LogP contribution < -0.4 is 5.32 Å². The van der Waals surface area contributed by atoms with Crippen LogP contribution in [0.15, 0.2) is 0 Å². The highest BCUT2D eigenvalue weighted by atomic mass is 35.5. The van der Waals surface area contributed by atoms with E-state index in [-0.39, 0.29) is 24.4 Å². The van der Waals surface area contributed by atoms with Gasteiger partial charge in [-0.2, -0.15) is 0 Å². The normalized spacial score (nSPS) is 26.0. The van der Waals surface area contributed by atoms with Crippen LogP contribution in [0.3, 0.4) is 0 Å². The van der Waals surface area contributed by atoms with E-state index in [0.29, 0.717) is 13.0 Å². The van der Waals surface area contributed by atoms with Crippen LogP contribution in [0.1, 0.15) is 38.5 Å². The zero-order valence-electron chi connectivity index (χ0n) is 12.9. The van der Waals surface area contributed by atoms with Crippen molar-refractivity contribution in [3.05, 3.63) is 0 Å². The van der Waals surface area contributed by atoms with Crippen LogP contribution in [0, 0.1) is 5.92 Å². The van der Waals surface area contributed by atoms with Crippen LogP contribution in [-0.4, -0.2) is 56.9 Å². The number of halogens is 1. The highest BCUT2D eigenvalue weighted by Crippen LogP contribution is 2.28. The summed E-state index contributed by atoms with van der Waals surface area (Å²) in [6, 6.07) is -0.158. The molecule has 1 amide bonds. The lowest BCUT2D eigenvalue weighted by Crippen LogP contribution is -2.51. The summed E-state index contributed by atoms with van der Waals surface area (Å²) in [5.74, 6) is 0.748. The van der Waals surface area contributed by atoms with Crippen molar-refractivity contribution in [3.63, 3.8) is 0 Å². The van der Waals surface area contributed by atoms with Crippen LogP contribution in [0.25, 0.3) is 0 Å². The molecule has 0 saturated heterocycles. The minimum absolute atomic E-state index is 0. The van der Waals surface area contributed by atoms with Crippen LogP contribution in [0.5, 0.6) is 0 Å². The summed E-state index contributed by atoms with van der Waals surface area (Å²) in [7, 11) is -1.35. The van der Waals surface area contributed by atoms with E-state index in [9.17, 15) is 13.2 Å². The Morgan fingerprint density at radius 3 is 2.38 bits per heavy atom. The smallest absolute Gasteiger partial charge is 0.236 e. The Hall–Kier alpha value is -0.330. The van der Waals surface area contributed by atoms with Crippen LogP contribution in [0.2, 0.25) is 0 Å². The van der Waals surface area contributed by atoms with Gasteiger partial charge in [0.2, 0.25) is 5.91 Å². The van der Waals surface area contributed by atoms with Crippen LogP contribution >= 0.6 is 12.4 Å². The third-order valence-electron chi connectivity index (χ3n) is 4.51. The number of likely N-dealkylation sites (N-methyl/N-ethyl adjacent to an activating group) is 1. The molecule has 0 heterocycles. The van der Waals surface area contributed by atoms with Gasteiger partial charge in [0.05, 0.1) is 11.8 Å². The summed E-state index contributed by atoms with van der Waals surface area (Å²) < 4.78 is 23.8. The molecule has 2 aliphatic rings. The lowest BCUT2D eigenvalue weighted by Gasteiger charge is -2.37. The Balaban J connectivity index is 0.00000220. The molecule has 2 rings (SSSR count). The third kappa shape index (κ3) is 5.42. The molecule has 0 aliphatic heterocycles. The maximum atomic E-state index is 12.2. The molecule has 0 aromatic heterocycles. The molecular weight excluding hydrogens is 312 g/mol. The number of sulfone groups is 1. The van der Waals surface area contributed by atoms with Crippen molar-refractivity contribution in [1.82, 2.24) is 10.2 Å². The number of carbonyl (C=O) groups excluding carboxylic acids is 1. The summed E-state index contributed by atoms with van der Waals surface area (Å²) >= 11 is 0. The first-order valence-corrected chi connectivity index (χ1v) is 9.50. The minimum atomic E-state index is -3.09. The van der Waals surface area contributed by atoms with Crippen LogP contribution in [-0.2, 0) is 14.6 Å². The molecule has 2 saturated carbocycles. The second kappa shape index (κ2) is 7.79. The minimum Gasteiger partial charge on any atom is -0.340 e. The number of carbonyl (C=O) groups is 1. The molecule has 2 fully saturated rings. The van der Waals surface area contributed by atoms with Gasteiger partial charge in [-0.25, -0.2) is 8.42 Å². The van der Waals surface area contributed by atoms with Gasteiger partial charge in [-0.05, 0) is 38.1 Å². The molecule has 0 spiro atoms. The average Bonchev–Trinajstić information content (AvgIpc) is 3.21. The molecule has 21 heavy (non-hydrogen) atoms. The molecule has 7 heteroatoms. The lowest BCUT2D eigenvalue weighted by molar-refractivity contribution is -0.131. The van der Waals surface area contributed by atoms with Gasteiger partial charge >= 0.3 is 0 Å². The van der Waals surface area contributed by atoms with Crippen molar-refractivity contribution in [2.24, 2.45) is 5.92 Å². The molecule has 0 radical (unpaired) electrons. The van der Waals surface area contributed by atoms with Gasteiger partial charge in [0.15, 0.2) is 9.84 Å². The van der Waals surface area contributed by atoms with E-state index in [0.717, 1.165) is 31.7 Å². The highest BCUT2D eigenvalue weighted by Gasteiger charge is 2.36. The molecule has 5 nitrogen and oxygen atoms in total. The number of nitrogens with zero attached hydrogens (tertiary/aromatic N) is 1. The highest BCUT2D eigenvalue weighted by molar-refractivity contribution is 7.91. The standard InChI is InChI=1S/C14H26N2O3S.ClH/c1-16(14(17)10-15-9-11-7-8-11)12-5-3-4-6-13(12)20(2,18)19;/h11-13,15H,3-10H2,1-2H3;1H. The van der Waals surface area contributed by atoms with E-state index in [1.807, 2.05) is 0 Å². The fraction of sp³-hybridized carbons (Fsp3) is 0.929. The Kier molecular flexibility index (Phi) is 6.94. The maximum absolute atomic E-state index is 12.2. The van der Waals surface area contributed by atoms with E-state index in [1.165, 1.54) is 19.1 Å². The first-order chi connectivity index (χ1) is 9.39. The number of amides is 1. The molecule has 2 atom stereocenters. The molecular formula is C14H27ClN2O3S. The van der Waals surface area contributed by atoms with Gasteiger partial charge in [-0.3, -0.25) is 4.79 Å². The summed E-state index contributed by atoms with van der Waals surface area (Å²) in [4.78, 5) is 13.8. The first-order valence-electron chi connectivity index (χ1n) is 7.55. The maximum Gasteiger partial charge on any atom is 0.236 e. The van der Waals surface area contributed by atoms with Gasteiger partial charge in [0, 0.05) is 19.3 Å². The predicted molar refractivity (Wildman–Crippen MR) is 86.5 cm³/mol. The number of rotatable bonds is 6. The molecule has 2 aliphatic carbocycles. The number of nitrogens with one attached hydrogen (secondary N) is 1. The fourth-order valence-corrected chi connectivity index (χ4v) is 4.52. The molecule has 0 aromatic rings. The van der Waals surface area contributed by atoms with Crippen molar-refractivity contribution in [3.8, 4) is 0 Å². The fourth-order valence-electron chi connectivity index (χ4n) is 3.03. The largest absolute Gasteiger partial charge is 0.340 e. The summed E-state index contributed by atoms with van der Waals surface area (Å²) in [5, 5.41) is 2.79. The van der Waals surface area contributed by atoms with E-state index in [2.05, 4.69) is 5.32 Å². The summed E-state index contributed by atoms with van der Waals surface area (Å²) in [6.45, 7) is 1.22. The van der Waals surface area contributed by atoms with E-state index < -0.39 is 15.1 Å². The Bertz CT molecular complexity index is 451. The topological polar surface area (TPSA) is 66.5 Å². The van der Waals surface area contributed by atoms with Gasteiger partial charge in [0.25, 0.3) is 0 Å². The molecule has 1 N–H and O–H groups in total. The Labute approximate surface area is 134 Å². The summed E-state index contributed by atoms with van der Waals surface area (Å²) in [6.07, 6.45) is 7.23. The number of hydrogen-bond acceptors (Lipinski definition) is 4. The Morgan fingerprint density at radius 2 is 1.81 bits per heavy atom. The zero-order chi connectivity index (χ0) is 14.8. The summed E-state index contributed by atoms with van der Waals surface area (Å²) in [5.41, 5.74) is 0. The third-order valence-corrected chi connectivity index (χ3v) is 6.16. The molecule has 2 unspecified atom stereocenters.